The number of nitrogens with zero attached hydrogens (tertiary/aromatic N) is 2. The number of hydrogen-bond donors (Lipinski definition) is 1. The minimum absolute atomic E-state index is 0. The minimum atomic E-state index is 0. The van der Waals surface area contributed by atoms with Crippen LogP contribution < -0.4 is 5.32 Å². The van der Waals surface area contributed by atoms with Crippen LogP contribution >= 0.6 is 0 Å². The van der Waals surface area contributed by atoms with Crippen molar-refractivity contribution in [3.8, 4) is 0 Å². The summed E-state index contributed by atoms with van der Waals surface area (Å²) < 4.78 is 5.63. The second-order valence-corrected chi connectivity index (χ2v) is 6.49. The van der Waals surface area contributed by atoms with E-state index in [-0.39, 0.29) is 7.43 Å². The highest BCUT2D eigenvalue weighted by Crippen LogP contribution is 2.16. The van der Waals surface area contributed by atoms with Gasteiger partial charge in [0.05, 0.1) is 12.7 Å². The molecule has 0 bridgehead atoms. The molecule has 4 nitrogen and oxygen atoms in total. The Morgan fingerprint density at radius 1 is 1.05 bits per heavy atom. The number of piperazine rings is 1. The van der Waals surface area contributed by atoms with Crippen LogP contribution in [0, 0.1) is 0 Å². The van der Waals surface area contributed by atoms with E-state index in [1.807, 2.05) is 0 Å². The summed E-state index contributed by atoms with van der Waals surface area (Å²) in [6.45, 7) is 17.8. The van der Waals surface area contributed by atoms with Crippen LogP contribution in [0.25, 0.3) is 0 Å². The minimum Gasteiger partial charge on any atom is -0.377 e. The van der Waals surface area contributed by atoms with E-state index in [4.69, 9.17) is 4.74 Å². The van der Waals surface area contributed by atoms with Crippen LogP contribution in [0.1, 0.15) is 54.4 Å². The topological polar surface area (TPSA) is 27.7 Å². The number of nitrogens with one attached hydrogen (secondary N) is 1. The zero-order chi connectivity index (χ0) is 15.5. The average molecular weight is 316 g/mol. The number of piperidine rings is 1. The molecule has 2 rings (SSSR count). The zero-order valence-corrected chi connectivity index (χ0v) is 14.7. The van der Waals surface area contributed by atoms with Gasteiger partial charge in [-0.05, 0) is 39.8 Å². The van der Waals surface area contributed by atoms with E-state index in [2.05, 4.69) is 42.8 Å². The van der Waals surface area contributed by atoms with Gasteiger partial charge in [-0.25, -0.2) is 0 Å². The first-order valence-corrected chi connectivity index (χ1v) is 8.96. The lowest BCUT2D eigenvalue weighted by Crippen LogP contribution is -2.52. The monoisotopic (exact) mass is 315 g/mol. The molecular formula is C18H41N3O. The van der Waals surface area contributed by atoms with E-state index in [1.165, 1.54) is 58.5 Å². The summed E-state index contributed by atoms with van der Waals surface area (Å²) in [4.78, 5) is 5.24. The second kappa shape index (κ2) is 13.3. The summed E-state index contributed by atoms with van der Waals surface area (Å²) in [5.41, 5.74) is 0. The maximum absolute atomic E-state index is 5.63. The van der Waals surface area contributed by atoms with Gasteiger partial charge in [-0.3, -0.25) is 4.90 Å². The Kier molecular flexibility index (Phi) is 13.2. The van der Waals surface area contributed by atoms with Crippen molar-refractivity contribution in [1.82, 2.24) is 15.1 Å². The lowest BCUT2D eigenvalue weighted by molar-refractivity contribution is 0.0418. The summed E-state index contributed by atoms with van der Waals surface area (Å²) in [5, 5.41) is 3.43. The Morgan fingerprint density at radius 3 is 2.09 bits per heavy atom. The SMILES string of the molecule is C.CC(C)OCCN1CCC(N2CCNCC2)CC1.CCC. The van der Waals surface area contributed by atoms with Crippen molar-refractivity contribution in [1.29, 1.82) is 0 Å². The Morgan fingerprint density at radius 2 is 1.59 bits per heavy atom. The van der Waals surface area contributed by atoms with Gasteiger partial charge in [-0.15, -0.1) is 0 Å². The van der Waals surface area contributed by atoms with Gasteiger partial charge in [-0.2, -0.15) is 0 Å². The number of hydrogen-bond acceptors (Lipinski definition) is 4. The molecule has 0 saturated carbocycles. The third-order valence-corrected chi connectivity index (χ3v) is 4.08. The van der Waals surface area contributed by atoms with Crippen LogP contribution in [-0.2, 0) is 4.74 Å². The van der Waals surface area contributed by atoms with E-state index in [1.54, 1.807) is 0 Å². The van der Waals surface area contributed by atoms with Crippen LogP contribution in [0.5, 0.6) is 0 Å². The van der Waals surface area contributed by atoms with E-state index in [0.29, 0.717) is 6.10 Å². The van der Waals surface area contributed by atoms with Crippen LogP contribution in [0.15, 0.2) is 0 Å². The van der Waals surface area contributed by atoms with Crippen LogP contribution in [0.2, 0.25) is 0 Å². The molecule has 1 N–H and O–H groups in total. The molecule has 0 spiro atoms. The molecule has 0 atom stereocenters. The molecule has 2 aliphatic heterocycles. The predicted molar refractivity (Wildman–Crippen MR) is 97.7 cm³/mol. The largest absolute Gasteiger partial charge is 0.377 e. The van der Waals surface area contributed by atoms with Gasteiger partial charge in [0.1, 0.15) is 0 Å². The van der Waals surface area contributed by atoms with Gasteiger partial charge in [0, 0.05) is 38.8 Å². The molecular weight excluding hydrogens is 274 g/mol. The highest BCUT2D eigenvalue weighted by atomic mass is 16.5. The smallest absolute Gasteiger partial charge is 0.0596 e. The van der Waals surface area contributed by atoms with E-state index >= 15 is 0 Å². The maximum atomic E-state index is 5.63. The first-order chi connectivity index (χ1) is 10.2. The number of ether oxygens (including phenoxy) is 1. The molecule has 134 valence electrons. The van der Waals surface area contributed by atoms with E-state index in [0.717, 1.165) is 19.2 Å². The summed E-state index contributed by atoms with van der Waals surface area (Å²) >= 11 is 0. The highest BCUT2D eigenvalue weighted by molar-refractivity contribution is 4.82. The van der Waals surface area contributed by atoms with Crippen molar-refractivity contribution in [3.63, 3.8) is 0 Å². The molecule has 0 aromatic heterocycles. The fraction of sp³-hybridized carbons (Fsp3) is 1.00. The molecule has 2 aliphatic rings. The van der Waals surface area contributed by atoms with Crippen LogP contribution in [0.3, 0.4) is 0 Å². The molecule has 22 heavy (non-hydrogen) atoms. The maximum Gasteiger partial charge on any atom is 0.0596 e. The number of likely N-dealkylation sites (tertiary alicyclic amines) is 1. The lowest BCUT2D eigenvalue weighted by atomic mass is 10.0. The van der Waals surface area contributed by atoms with Crippen molar-refractivity contribution in [2.45, 2.75) is 66.5 Å². The van der Waals surface area contributed by atoms with Crippen molar-refractivity contribution in [2.75, 3.05) is 52.4 Å². The van der Waals surface area contributed by atoms with Crippen molar-refractivity contribution >= 4 is 0 Å². The molecule has 0 unspecified atom stereocenters. The summed E-state index contributed by atoms with van der Waals surface area (Å²) in [6.07, 6.45) is 4.28. The highest BCUT2D eigenvalue weighted by Gasteiger charge is 2.25. The van der Waals surface area contributed by atoms with Crippen molar-refractivity contribution in [3.05, 3.63) is 0 Å². The van der Waals surface area contributed by atoms with Crippen LogP contribution in [-0.4, -0.2) is 74.4 Å². The Balaban J connectivity index is 0.00000102. The van der Waals surface area contributed by atoms with Crippen molar-refractivity contribution < 1.29 is 4.74 Å². The summed E-state index contributed by atoms with van der Waals surface area (Å²) in [5.74, 6) is 0. The summed E-state index contributed by atoms with van der Waals surface area (Å²) in [7, 11) is 0. The molecule has 0 aliphatic carbocycles. The molecule has 0 aromatic carbocycles. The van der Waals surface area contributed by atoms with Gasteiger partial charge in [0.15, 0.2) is 0 Å². The van der Waals surface area contributed by atoms with Gasteiger partial charge in [0.2, 0.25) is 0 Å². The molecule has 4 heteroatoms. The molecule has 2 saturated heterocycles. The first kappa shape index (κ1) is 21.8. The number of rotatable bonds is 5. The normalized spacial score (nSPS) is 21.1. The molecule has 0 aromatic rings. The molecule has 0 amide bonds. The average Bonchev–Trinajstić information content (AvgIpc) is 2.49. The zero-order valence-electron chi connectivity index (χ0n) is 14.7. The Labute approximate surface area is 139 Å². The lowest BCUT2D eigenvalue weighted by Gasteiger charge is -2.40. The Hall–Kier alpha value is -0.160. The molecule has 2 heterocycles. The fourth-order valence-corrected chi connectivity index (χ4v) is 2.97. The predicted octanol–water partition coefficient (Wildman–Crippen LogP) is 2.83. The van der Waals surface area contributed by atoms with Crippen molar-refractivity contribution in [2.24, 2.45) is 0 Å². The van der Waals surface area contributed by atoms with E-state index < -0.39 is 0 Å². The van der Waals surface area contributed by atoms with E-state index in [9.17, 15) is 0 Å². The third-order valence-electron chi connectivity index (χ3n) is 4.08. The van der Waals surface area contributed by atoms with Gasteiger partial charge >= 0.3 is 0 Å². The summed E-state index contributed by atoms with van der Waals surface area (Å²) in [6, 6.07) is 0.828. The van der Waals surface area contributed by atoms with Gasteiger partial charge < -0.3 is 15.0 Å². The van der Waals surface area contributed by atoms with Crippen LogP contribution in [0.4, 0.5) is 0 Å². The van der Waals surface area contributed by atoms with Gasteiger partial charge in [-0.1, -0.05) is 27.7 Å². The second-order valence-electron chi connectivity index (χ2n) is 6.49. The Bertz CT molecular complexity index is 234. The first-order valence-electron chi connectivity index (χ1n) is 8.96. The fourth-order valence-electron chi connectivity index (χ4n) is 2.97. The third kappa shape index (κ3) is 9.09. The standard InChI is InChI=1S/C14H29N3O.C3H8.CH4/c1-13(2)18-12-11-16-7-3-14(4-8-16)17-9-5-15-6-10-17;1-3-2;/h13-15H,3-12H2,1-2H3;3H2,1-2H3;1H4. The molecule has 2 fully saturated rings. The quantitative estimate of drug-likeness (QED) is 0.844. The molecule has 0 radical (unpaired) electrons. The van der Waals surface area contributed by atoms with Gasteiger partial charge in [0.25, 0.3) is 0 Å².